The van der Waals surface area contributed by atoms with Gasteiger partial charge >= 0.3 is 0 Å². The van der Waals surface area contributed by atoms with E-state index in [4.69, 9.17) is 9.47 Å². The molecule has 5 heteroatoms. The van der Waals surface area contributed by atoms with Crippen LogP contribution in [0, 0.1) is 5.92 Å². The van der Waals surface area contributed by atoms with Crippen molar-refractivity contribution in [2.24, 2.45) is 5.92 Å². The molecule has 1 aromatic rings. The lowest BCUT2D eigenvalue weighted by Crippen LogP contribution is -2.37. The number of amides is 1. The van der Waals surface area contributed by atoms with Crippen LogP contribution in [0.3, 0.4) is 0 Å². The lowest BCUT2D eigenvalue weighted by atomic mass is 9.88. The van der Waals surface area contributed by atoms with Crippen molar-refractivity contribution in [1.29, 1.82) is 0 Å². The van der Waals surface area contributed by atoms with Crippen LogP contribution in [0.5, 0.6) is 11.5 Å². The molecule has 0 aromatic heterocycles. The van der Waals surface area contributed by atoms with Gasteiger partial charge in [-0.05, 0) is 31.4 Å². The predicted molar refractivity (Wildman–Crippen MR) is 79.4 cm³/mol. The molecule has 0 spiro atoms. The summed E-state index contributed by atoms with van der Waals surface area (Å²) in [5, 5.41) is 6.53. The Labute approximate surface area is 125 Å². The van der Waals surface area contributed by atoms with Crippen LogP contribution in [-0.2, 0) is 11.3 Å². The van der Waals surface area contributed by atoms with E-state index < -0.39 is 0 Å². The van der Waals surface area contributed by atoms with Crippen LogP contribution >= 0.6 is 0 Å². The van der Waals surface area contributed by atoms with Gasteiger partial charge < -0.3 is 20.1 Å². The molecule has 5 nitrogen and oxygen atoms in total. The summed E-state index contributed by atoms with van der Waals surface area (Å²) in [5.41, 5.74) is 0.961. The molecule has 0 saturated carbocycles. The van der Waals surface area contributed by atoms with Gasteiger partial charge in [0.15, 0.2) is 0 Å². The molecule has 1 aromatic carbocycles. The Kier molecular flexibility index (Phi) is 4.01. The third kappa shape index (κ3) is 2.83. The summed E-state index contributed by atoms with van der Waals surface area (Å²) in [5.74, 6) is 1.75. The van der Waals surface area contributed by atoms with Crippen LogP contribution in [0.1, 0.15) is 24.8 Å². The molecular formula is C16H22N2O3. The molecule has 0 aliphatic carbocycles. The fourth-order valence-corrected chi connectivity index (χ4v) is 3.43. The molecule has 3 unspecified atom stereocenters. The summed E-state index contributed by atoms with van der Waals surface area (Å²) in [7, 11) is 3.25. The molecule has 21 heavy (non-hydrogen) atoms. The van der Waals surface area contributed by atoms with Gasteiger partial charge in [-0.15, -0.1) is 0 Å². The van der Waals surface area contributed by atoms with Crippen molar-refractivity contribution in [3.63, 3.8) is 0 Å². The molecule has 3 rings (SSSR count). The fourth-order valence-electron chi connectivity index (χ4n) is 3.43. The Hall–Kier alpha value is -1.75. The van der Waals surface area contributed by atoms with Crippen LogP contribution in [0.15, 0.2) is 18.2 Å². The van der Waals surface area contributed by atoms with E-state index in [1.165, 1.54) is 6.42 Å². The number of ether oxygens (including phenoxy) is 2. The van der Waals surface area contributed by atoms with Gasteiger partial charge in [0.05, 0.1) is 20.1 Å². The van der Waals surface area contributed by atoms with E-state index in [-0.39, 0.29) is 11.8 Å². The van der Waals surface area contributed by atoms with Gasteiger partial charge in [0.25, 0.3) is 0 Å². The summed E-state index contributed by atoms with van der Waals surface area (Å²) in [6, 6.07) is 6.55. The van der Waals surface area contributed by atoms with Crippen LogP contribution in [0.2, 0.25) is 0 Å². The minimum absolute atomic E-state index is 0.119. The second kappa shape index (κ2) is 5.93. The Balaban J connectivity index is 1.61. The highest BCUT2D eigenvalue weighted by atomic mass is 16.5. The Bertz CT molecular complexity index is 532. The van der Waals surface area contributed by atoms with Gasteiger partial charge in [-0.1, -0.05) is 0 Å². The van der Waals surface area contributed by atoms with E-state index >= 15 is 0 Å². The zero-order chi connectivity index (χ0) is 14.8. The highest BCUT2D eigenvalue weighted by molar-refractivity contribution is 5.80. The van der Waals surface area contributed by atoms with Crippen molar-refractivity contribution in [3.05, 3.63) is 23.8 Å². The molecular weight excluding hydrogens is 268 g/mol. The zero-order valence-electron chi connectivity index (χ0n) is 12.5. The van der Waals surface area contributed by atoms with E-state index in [1.54, 1.807) is 14.2 Å². The number of hydrogen-bond donors (Lipinski definition) is 2. The molecule has 1 amide bonds. The number of nitrogens with one attached hydrogen (secondary N) is 2. The van der Waals surface area contributed by atoms with E-state index in [9.17, 15) is 4.79 Å². The Morgan fingerprint density at radius 3 is 2.81 bits per heavy atom. The van der Waals surface area contributed by atoms with Crippen molar-refractivity contribution in [2.75, 3.05) is 14.2 Å². The number of carbonyl (C=O) groups is 1. The SMILES string of the molecule is COc1ccc(CNC(=O)C2CC3CCC2N3)c(OC)c1. The van der Waals surface area contributed by atoms with Crippen LogP contribution in [-0.4, -0.2) is 32.2 Å². The van der Waals surface area contributed by atoms with Crippen LogP contribution in [0.25, 0.3) is 0 Å². The monoisotopic (exact) mass is 290 g/mol. The van der Waals surface area contributed by atoms with Gasteiger partial charge in [-0.3, -0.25) is 4.79 Å². The maximum absolute atomic E-state index is 12.3. The van der Waals surface area contributed by atoms with E-state index in [0.29, 0.717) is 18.6 Å². The summed E-state index contributed by atoms with van der Waals surface area (Å²) >= 11 is 0. The van der Waals surface area contributed by atoms with Crippen molar-refractivity contribution in [1.82, 2.24) is 10.6 Å². The van der Waals surface area contributed by atoms with E-state index in [2.05, 4.69) is 10.6 Å². The van der Waals surface area contributed by atoms with Crippen LogP contribution < -0.4 is 20.1 Å². The highest BCUT2D eigenvalue weighted by Gasteiger charge is 2.42. The smallest absolute Gasteiger partial charge is 0.225 e. The maximum Gasteiger partial charge on any atom is 0.225 e. The van der Waals surface area contributed by atoms with Gasteiger partial charge in [-0.2, -0.15) is 0 Å². The summed E-state index contributed by atoms with van der Waals surface area (Å²) in [6.07, 6.45) is 3.30. The van der Waals surface area contributed by atoms with Crippen molar-refractivity contribution in [3.8, 4) is 11.5 Å². The molecule has 2 aliphatic heterocycles. The zero-order valence-corrected chi connectivity index (χ0v) is 12.5. The van der Waals surface area contributed by atoms with Gasteiger partial charge in [-0.25, -0.2) is 0 Å². The summed E-state index contributed by atoms with van der Waals surface area (Å²) in [6.45, 7) is 0.486. The first kappa shape index (κ1) is 14.2. The maximum atomic E-state index is 12.3. The predicted octanol–water partition coefficient (Wildman–Crippen LogP) is 1.46. The average molecular weight is 290 g/mol. The number of fused-ring (bicyclic) bond motifs is 2. The molecule has 0 radical (unpaired) electrons. The lowest BCUT2D eigenvalue weighted by molar-refractivity contribution is -0.125. The number of rotatable bonds is 5. The van der Waals surface area contributed by atoms with Crippen molar-refractivity contribution in [2.45, 2.75) is 37.9 Å². The largest absolute Gasteiger partial charge is 0.497 e. The normalized spacial score (nSPS) is 26.7. The second-order valence-electron chi connectivity index (χ2n) is 5.79. The summed E-state index contributed by atoms with van der Waals surface area (Å²) in [4.78, 5) is 12.3. The lowest BCUT2D eigenvalue weighted by Gasteiger charge is -2.20. The second-order valence-corrected chi connectivity index (χ2v) is 5.79. The van der Waals surface area contributed by atoms with Crippen LogP contribution in [0.4, 0.5) is 0 Å². The Morgan fingerprint density at radius 2 is 2.19 bits per heavy atom. The fraction of sp³-hybridized carbons (Fsp3) is 0.562. The minimum Gasteiger partial charge on any atom is -0.497 e. The molecule has 2 N–H and O–H groups in total. The highest BCUT2D eigenvalue weighted by Crippen LogP contribution is 2.33. The third-order valence-electron chi connectivity index (χ3n) is 4.58. The summed E-state index contributed by atoms with van der Waals surface area (Å²) < 4.78 is 10.5. The molecule has 2 bridgehead atoms. The average Bonchev–Trinajstić information content (AvgIpc) is 3.15. The number of carbonyl (C=O) groups excluding carboxylic acids is 1. The molecule has 2 fully saturated rings. The standard InChI is InChI=1S/C16H22N2O3/c1-20-12-5-3-10(15(8-12)21-2)9-17-16(19)13-7-11-4-6-14(13)18-11/h3,5,8,11,13-14,18H,4,6-7,9H2,1-2H3,(H,17,19). The first-order chi connectivity index (χ1) is 10.2. The molecule has 2 heterocycles. The minimum atomic E-state index is 0.119. The first-order valence-corrected chi connectivity index (χ1v) is 7.46. The number of methoxy groups -OCH3 is 2. The van der Waals surface area contributed by atoms with Gasteiger partial charge in [0, 0.05) is 30.3 Å². The Morgan fingerprint density at radius 1 is 1.33 bits per heavy atom. The molecule has 3 atom stereocenters. The quantitative estimate of drug-likeness (QED) is 0.862. The van der Waals surface area contributed by atoms with Crippen molar-refractivity contribution >= 4 is 5.91 Å². The van der Waals surface area contributed by atoms with E-state index in [0.717, 1.165) is 29.9 Å². The van der Waals surface area contributed by atoms with E-state index in [1.807, 2.05) is 18.2 Å². The topological polar surface area (TPSA) is 59.6 Å². The molecule has 114 valence electrons. The van der Waals surface area contributed by atoms with Gasteiger partial charge in [0.1, 0.15) is 11.5 Å². The first-order valence-electron chi connectivity index (χ1n) is 7.46. The number of benzene rings is 1. The van der Waals surface area contributed by atoms with Crippen molar-refractivity contribution < 1.29 is 14.3 Å². The molecule has 2 saturated heterocycles. The van der Waals surface area contributed by atoms with Gasteiger partial charge in [0.2, 0.25) is 5.91 Å². The number of hydrogen-bond acceptors (Lipinski definition) is 4. The third-order valence-corrected chi connectivity index (χ3v) is 4.58. The molecule has 2 aliphatic rings.